The number of allylic oxidation sites excluding steroid dienone is 1. The van der Waals surface area contributed by atoms with Crippen molar-refractivity contribution >= 4 is 52.1 Å². The molecule has 0 saturated carbocycles. The molecule has 0 atom stereocenters. The van der Waals surface area contributed by atoms with Gasteiger partial charge >= 0.3 is 0 Å². The molecule has 0 radical (unpaired) electrons. The first kappa shape index (κ1) is 22.9. The van der Waals surface area contributed by atoms with Crippen LogP contribution in [-0.4, -0.2) is 38.1 Å². The second-order valence-electron chi connectivity index (χ2n) is 6.58. The molecule has 2 aromatic heterocycles. The number of amides is 2. The number of aromatic amines is 1. The molecule has 0 aliphatic heterocycles. The number of halogens is 1. The van der Waals surface area contributed by atoms with Gasteiger partial charge in [0, 0.05) is 35.5 Å². The molecule has 0 aliphatic carbocycles. The molecule has 0 fully saturated rings. The van der Waals surface area contributed by atoms with E-state index in [-0.39, 0.29) is 18.2 Å². The fourth-order valence-corrected chi connectivity index (χ4v) is 3.82. The summed E-state index contributed by atoms with van der Waals surface area (Å²) in [6, 6.07) is 6.63. The Morgan fingerprint density at radius 1 is 1.32 bits per heavy atom. The van der Waals surface area contributed by atoms with Crippen molar-refractivity contribution in [1.82, 2.24) is 25.1 Å². The number of H-pyrrole nitrogens is 1. The molecule has 8 nitrogen and oxygen atoms in total. The summed E-state index contributed by atoms with van der Waals surface area (Å²) in [5.74, 6) is 0.399. The number of nitrogens with zero attached hydrogens (tertiary/aromatic N) is 3. The van der Waals surface area contributed by atoms with Gasteiger partial charge in [-0.2, -0.15) is 5.10 Å². The number of hydrogen-bond acceptors (Lipinski definition) is 6. The van der Waals surface area contributed by atoms with E-state index >= 15 is 0 Å². The Morgan fingerprint density at radius 2 is 2.10 bits per heavy atom. The minimum absolute atomic E-state index is 0.157. The molecule has 0 aliphatic rings. The highest BCUT2D eigenvalue weighted by molar-refractivity contribution is 7.71. The zero-order chi connectivity index (χ0) is 22.2. The fraction of sp³-hybridized carbons (Fsp3) is 0.250. The Hall–Kier alpha value is -2.82. The largest absolute Gasteiger partial charge is 0.352 e. The van der Waals surface area contributed by atoms with Crippen LogP contribution in [0.3, 0.4) is 0 Å². The van der Waals surface area contributed by atoms with Crippen molar-refractivity contribution in [2.24, 2.45) is 0 Å². The zero-order valence-electron chi connectivity index (χ0n) is 16.6. The Labute approximate surface area is 193 Å². The first-order valence-electron chi connectivity index (χ1n) is 9.49. The number of carbonyl (C=O) groups is 2. The molecule has 3 rings (SSSR count). The number of rotatable bonds is 10. The van der Waals surface area contributed by atoms with E-state index in [0.29, 0.717) is 46.4 Å². The molecule has 2 amide bonds. The van der Waals surface area contributed by atoms with Crippen molar-refractivity contribution in [3.63, 3.8) is 0 Å². The summed E-state index contributed by atoms with van der Waals surface area (Å²) >= 11 is 12.4. The molecule has 3 N–H and O–H groups in total. The van der Waals surface area contributed by atoms with Crippen LogP contribution in [0.25, 0.3) is 0 Å². The molecule has 31 heavy (non-hydrogen) atoms. The highest BCUT2D eigenvalue weighted by atomic mass is 35.5. The predicted octanol–water partition coefficient (Wildman–Crippen LogP) is 3.98. The van der Waals surface area contributed by atoms with Gasteiger partial charge in [0.15, 0.2) is 9.90 Å². The van der Waals surface area contributed by atoms with E-state index in [1.807, 2.05) is 9.95 Å². The fourth-order valence-electron chi connectivity index (χ4n) is 2.75. The van der Waals surface area contributed by atoms with Gasteiger partial charge in [0.05, 0.1) is 12.1 Å². The van der Waals surface area contributed by atoms with Crippen molar-refractivity contribution in [3.8, 4) is 0 Å². The minimum Gasteiger partial charge on any atom is -0.352 e. The maximum Gasteiger partial charge on any atom is 0.251 e. The number of anilines is 1. The minimum atomic E-state index is -0.198. The first-order chi connectivity index (χ1) is 15.0. The molecule has 0 unspecified atom stereocenters. The van der Waals surface area contributed by atoms with Gasteiger partial charge in [-0.25, -0.2) is 4.98 Å². The average Bonchev–Trinajstić information content (AvgIpc) is 3.33. The van der Waals surface area contributed by atoms with Crippen LogP contribution in [0, 0.1) is 4.77 Å². The monoisotopic (exact) mass is 476 g/mol. The van der Waals surface area contributed by atoms with Crippen molar-refractivity contribution in [3.05, 3.63) is 69.2 Å². The lowest BCUT2D eigenvalue weighted by Crippen LogP contribution is -2.25. The number of hydrogen-bond donors (Lipinski definition) is 3. The Kier molecular flexibility index (Phi) is 8.10. The van der Waals surface area contributed by atoms with E-state index in [4.69, 9.17) is 23.8 Å². The highest BCUT2D eigenvalue weighted by Gasteiger charge is 2.11. The lowest BCUT2D eigenvalue weighted by Gasteiger charge is -2.05. The van der Waals surface area contributed by atoms with Gasteiger partial charge in [-0.3, -0.25) is 19.3 Å². The molecule has 0 saturated heterocycles. The van der Waals surface area contributed by atoms with E-state index < -0.39 is 0 Å². The smallest absolute Gasteiger partial charge is 0.251 e. The van der Waals surface area contributed by atoms with E-state index in [9.17, 15) is 9.59 Å². The number of thiazole rings is 1. The number of nitrogens with one attached hydrogen (secondary N) is 3. The van der Waals surface area contributed by atoms with Crippen molar-refractivity contribution in [2.45, 2.75) is 25.8 Å². The van der Waals surface area contributed by atoms with Crippen molar-refractivity contribution in [1.29, 1.82) is 0 Å². The van der Waals surface area contributed by atoms with Crippen molar-refractivity contribution < 1.29 is 9.59 Å². The van der Waals surface area contributed by atoms with E-state index in [2.05, 4.69) is 32.4 Å². The summed E-state index contributed by atoms with van der Waals surface area (Å²) in [4.78, 5) is 28.6. The third kappa shape index (κ3) is 6.58. The molecule has 2 heterocycles. The van der Waals surface area contributed by atoms with Crippen LogP contribution in [0.15, 0.2) is 42.3 Å². The second kappa shape index (κ2) is 11.0. The number of carbonyl (C=O) groups excluding carboxylic acids is 2. The van der Waals surface area contributed by atoms with Crippen LogP contribution in [0.4, 0.5) is 5.13 Å². The van der Waals surface area contributed by atoms with Gasteiger partial charge in [0.25, 0.3) is 5.91 Å². The van der Waals surface area contributed by atoms with E-state index in [1.165, 1.54) is 11.3 Å². The molecule has 0 bridgehead atoms. The summed E-state index contributed by atoms with van der Waals surface area (Å²) in [7, 11) is 0. The molecule has 0 spiro atoms. The Morgan fingerprint density at radius 3 is 2.84 bits per heavy atom. The third-order valence-corrected chi connectivity index (χ3v) is 5.63. The van der Waals surface area contributed by atoms with Gasteiger partial charge < -0.3 is 10.6 Å². The number of aromatic nitrogens is 4. The lowest BCUT2D eigenvalue weighted by atomic mass is 10.2. The zero-order valence-corrected chi connectivity index (χ0v) is 18.9. The predicted molar refractivity (Wildman–Crippen MR) is 124 cm³/mol. The SMILES string of the molecule is C=CCn1c(Cc2csc(NC(=O)CCCNC(=O)c3ccc(Cl)cc3)n2)n[nH]c1=S. The topological polar surface area (TPSA) is 105 Å². The molecular formula is C20H21ClN6O2S2. The quantitative estimate of drug-likeness (QED) is 0.233. The van der Waals surface area contributed by atoms with Crippen LogP contribution in [0.5, 0.6) is 0 Å². The van der Waals surface area contributed by atoms with Gasteiger partial charge in [0.2, 0.25) is 5.91 Å². The summed E-state index contributed by atoms with van der Waals surface area (Å²) in [5, 5.41) is 15.5. The summed E-state index contributed by atoms with van der Waals surface area (Å²) in [6.45, 7) is 4.68. The summed E-state index contributed by atoms with van der Waals surface area (Å²) in [5.41, 5.74) is 1.31. The molecule has 11 heteroatoms. The van der Waals surface area contributed by atoms with E-state index in [0.717, 1.165) is 11.5 Å². The maximum atomic E-state index is 12.2. The Bertz CT molecular complexity index is 1120. The van der Waals surface area contributed by atoms with Gasteiger partial charge in [-0.15, -0.1) is 17.9 Å². The van der Waals surface area contributed by atoms with Crippen LogP contribution in [-0.2, 0) is 17.8 Å². The highest BCUT2D eigenvalue weighted by Crippen LogP contribution is 2.18. The Balaban J connectivity index is 1.42. The summed E-state index contributed by atoms with van der Waals surface area (Å²) in [6.07, 6.45) is 3.02. The van der Waals surface area contributed by atoms with Gasteiger partial charge in [-0.05, 0) is 42.9 Å². The molecular weight excluding hydrogens is 456 g/mol. The van der Waals surface area contributed by atoms with Crippen LogP contribution in [0.2, 0.25) is 5.02 Å². The third-order valence-electron chi connectivity index (χ3n) is 4.26. The molecule has 162 valence electrons. The lowest BCUT2D eigenvalue weighted by molar-refractivity contribution is -0.116. The van der Waals surface area contributed by atoms with Crippen LogP contribution in [0.1, 0.15) is 34.7 Å². The van der Waals surface area contributed by atoms with E-state index in [1.54, 1.807) is 30.3 Å². The van der Waals surface area contributed by atoms with Crippen LogP contribution >= 0.6 is 35.2 Å². The van der Waals surface area contributed by atoms with Gasteiger partial charge in [0.1, 0.15) is 5.82 Å². The standard InChI is InChI=1S/C20H21ClN6O2S2/c1-2-10-27-16(25-26-20(27)30)11-15-12-31-19(23-15)24-17(28)4-3-9-22-18(29)13-5-7-14(21)8-6-13/h2,5-8,12H,1,3-4,9-11H2,(H,22,29)(H,26,30)(H,23,24,28). The molecule has 1 aromatic carbocycles. The van der Waals surface area contributed by atoms with Crippen molar-refractivity contribution in [2.75, 3.05) is 11.9 Å². The maximum absolute atomic E-state index is 12.2. The first-order valence-corrected chi connectivity index (χ1v) is 11.2. The normalized spacial score (nSPS) is 10.6. The number of benzene rings is 1. The summed E-state index contributed by atoms with van der Waals surface area (Å²) < 4.78 is 2.37. The average molecular weight is 477 g/mol. The second-order valence-corrected chi connectivity index (χ2v) is 8.26. The van der Waals surface area contributed by atoms with Gasteiger partial charge in [-0.1, -0.05) is 17.7 Å². The van der Waals surface area contributed by atoms with Crippen LogP contribution < -0.4 is 10.6 Å². The molecule has 3 aromatic rings.